The predicted octanol–water partition coefficient (Wildman–Crippen LogP) is 4.97. The summed E-state index contributed by atoms with van der Waals surface area (Å²) in [5, 5.41) is 7.58. The SMILES string of the molecule is CCCCCNC1(c2ccccc2Cl)C(=O)Nc2ccc(Cl)cc21. The normalized spacial score (nSPS) is 19.2. The number of nitrogens with one attached hydrogen (secondary N) is 2. The fourth-order valence-corrected chi connectivity index (χ4v) is 3.68. The molecular weight excluding hydrogens is 343 g/mol. The second-order valence-electron chi connectivity index (χ2n) is 6.01. The first-order chi connectivity index (χ1) is 11.6. The number of anilines is 1. The van der Waals surface area contributed by atoms with Crippen LogP contribution in [0.5, 0.6) is 0 Å². The number of fused-ring (bicyclic) bond motifs is 1. The minimum absolute atomic E-state index is 0.121. The topological polar surface area (TPSA) is 41.1 Å². The molecule has 3 rings (SSSR count). The molecule has 0 aliphatic carbocycles. The smallest absolute Gasteiger partial charge is 0.254 e. The maximum Gasteiger partial charge on any atom is 0.254 e. The Morgan fingerprint density at radius 3 is 2.62 bits per heavy atom. The number of amides is 1. The van der Waals surface area contributed by atoms with Gasteiger partial charge in [-0.25, -0.2) is 0 Å². The van der Waals surface area contributed by atoms with Crippen LogP contribution in [0.1, 0.15) is 37.3 Å². The molecule has 2 N–H and O–H groups in total. The van der Waals surface area contributed by atoms with Crippen molar-refractivity contribution in [3.05, 3.63) is 63.6 Å². The summed E-state index contributed by atoms with van der Waals surface area (Å²) in [6.45, 7) is 2.87. The average Bonchev–Trinajstić information content (AvgIpc) is 2.84. The van der Waals surface area contributed by atoms with E-state index in [0.29, 0.717) is 10.0 Å². The van der Waals surface area contributed by atoms with Crippen LogP contribution < -0.4 is 10.6 Å². The Labute approximate surface area is 152 Å². The highest BCUT2D eigenvalue weighted by Gasteiger charge is 2.49. The van der Waals surface area contributed by atoms with E-state index in [0.717, 1.165) is 42.6 Å². The third kappa shape index (κ3) is 2.92. The van der Waals surface area contributed by atoms with Gasteiger partial charge in [0.05, 0.1) is 0 Å². The lowest BCUT2D eigenvalue weighted by atomic mass is 9.83. The number of benzene rings is 2. The van der Waals surface area contributed by atoms with Crippen LogP contribution in [0.15, 0.2) is 42.5 Å². The minimum Gasteiger partial charge on any atom is -0.324 e. The maximum absolute atomic E-state index is 13.0. The van der Waals surface area contributed by atoms with Crippen LogP contribution in [0.2, 0.25) is 10.0 Å². The fourth-order valence-electron chi connectivity index (χ4n) is 3.23. The Morgan fingerprint density at radius 2 is 1.88 bits per heavy atom. The molecule has 2 aromatic rings. The minimum atomic E-state index is -1.01. The zero-order valence-corrected chi connectivity index (χ0v) is 15.0. The van der Waals surface area contributed by atoms with Crippen molar-refractivity contribution in [1.82, 2.24) is 5.32 Å². The standard InChI is InChI=1S/C19H20Cl2N2O/c1-2-3-6-11-22-19(14-7-4-5-8-16(14)21)15-12-13(20)9-10-17(15)23-18(19)24/h4-5,7-10,12,22H,2-3,6,11H2,1H3,(H,23,24). The summed E-state index contributed by atoms with van der Waals surface area (Å²) in [6.07, 6.45) is 3.22. The number of rotatable bonds is 6. The quantitative estimate of drug-likeness (QED) is 0.712. The number of halogens is 2. The number of carbonyl (C=O) groups is 1. The molecule has 126 valence electrons. The molecule has 24 heavy (non-hydrogen) atoms. The third-order valence-electron chi connectivity index (χ3n) is 4.42. The Hall–Kier alpha value is -1.55. The highest BCUT2D eigenvalue weighted by Crippen LogP contribution is 2.44. The average molecular weight is 363 g/mol. The first kappa shape index (κ1) is 17.3. The van der Waals surface area contributed by atoms with Crippen molar-refractivity contribution in [2.24, 2.45) is 0 Å². The maximum atomic E-state index is 13.0. The van der Waals surface area contributed by atoms with Crippen LogP contribution in [-0.2, 0) is 10.3 Å². The largest absolute Gasteiger partial charge is 0.324 e. The molecular formula is C19H20Cl2N2O. The highest BCUT2D eigenvalue weighted by atomic mass is 35.5. The van der Waals surface area contributed by atoms with E-state index in [9.17, 15) is 4.79 Å². The van der Waals surface area contributed by atoms with E-state index in [1.54, 1.807) is 6.07 Å². The molecule has 0 saturated heterocycles. The lowest BCUT2D eigenvalue weighted by Crippen LogP contribution is -2.49. The Bertz CT molecular complexity index is 763. The summed E-state index contributed by atoms with van der Waals surface area (Å²) in [5.41, 5.74) is 1.34. The molecule has 1 amide bonds. The van der Waals surface area contributed by atoms with Crippen LogP contribution in [0.3, 0.4) is 0 Å². The van der Waals surface area contributed by atoms with Crippen molar-refractivity contribution in [3.63, 3.8) is 0 Å². The van der Waals surface area contributed by atoms with Crippen molar-refractivity contribution >= 4 is 34.8 Å². The van der Waals surface area contributed by atoms with Gasteiger partial charge in [0.1, 0.15) is 0 Å². The summed E-state index contributed by atoms with van der Waals surface area (Å²) in [7, 11) is 0. The van der Waals surface area contributed by atoms with Crippen LogP contribution in [0, 0.1) is 0 Å². The van der Waals surface area contributed by atoms with Gasteiger partial charge in [0.15, 0.2) is 5.54 Å². The van der Waals surface area contributed by atoms with Gasteiger partial charge >= 0.3 is 0 Å². The lowest BCUT2D eigenvalue weighted by molar-refractivity contribution is -0.120. The van der Waals surface area contributed by atoms with Gasteiger partial charge in [-0.3, -0.25) is 10.1 Å². The van der Waals surface area contributed by atoms with Gasteiger partial charge in [-0.2, -0.15) is 0 Å². The molecule has 0 saturated carbocycles. The van der Waals surface area contributed by atoms with Crippen LogP contribution in [0.4, 0.5) is 5.69 Å². The molecule has 0 spiro atoms. The second kappa shape index (κ2) is 7.14. The van der Waals surface area contributed by atoms with Gasteiger partial charge in [0, 0.05) is 26.9 Å². The van der Waals surface area contributed by atoms with Crippen molar-refractivity contribution in [2.75, 3.05) is 11.9 Å². The number of unbranched alkanes of at least 4 members (excludes halogenated alkanes) is 2. The summed E-state index contributed by atoms with van der Waals surface area (Å²) in [5.74, 6) is -0.121. The lowest BCUT2D eigenvalue weighted by Gasteiger charge is -2.30. The summed E-state index contributed by atoms with van der Waals surface area (Å²) < 4.78 is 0. The second-order valence-corrected chi connectivity index (χ2v) is 6.85. The molecule has 1 atom stereocenters. The van der Waals surface area contributed by atoms with Crippen LogP contribution in [0.25, 0.3) is 0 Å². The Morgan fingerprint density at radius 1 is 1.08 bits per heavy atom. The van der Waals surface area contributed by atoms with Crippen molar-refractivity contribution in [1.29, 1.82) is 0 Å². The van der Waals surface area contributed by atoms with E-state index < -0.39 is 5.54 Å². The molecule has 0 aromatic heterocycles. The Kier molecular flexibility index (Phi) is 5.14. The van der Waals surface area contributed by atoms with Gasteiger partial charge in [-0.05, 0) is 37.2 Å². The third-order valence-corrected chi connectivity index (χ3v) is 4.99. The van der Waals surface area contributed by atoms with Gasteiger partial charge in [-0.15, -0.1) is 0 Å². The van der Waals surface area contributed by atoms with Crippen LogP contribution in [-0.4, -0.2) is 12.5 Å². The van der Waals surface area contributed by atoms with Crippen molar-refractivity contribution in [3.8, 4) is 0 Å². The fraction of sp³-hybridized carbons (Fsp3) is 0.316. The van der Waals surface area contributed by atoms with Gasteiger partial charge in [-0.1, -0.05) is 61.2 Å². The molecule has 0 radical (unpaired) electrons. The van der Waals surface area contributed by atoms with Gasteiger partial charge in [0.2, 0.25) is 0 Å². The molecule has 1 unspecified atom stereocenters. The molecule has 0 bridgehead atoms. The van der Waals surface area contributed by atoms with E-state index in [-0.39, 0.29) is 5.91 Å². The molecule has 2 aromatic carbocycles. The van der Waals surface area contributed by atoms with E-state index >= 15 is 0 Å². The molecule has 1 heterocycles. The van der Waals surface area contributed by atoms with E-state index in [1.807, 2.05) is 36.4 Å². The van der Waals surface area contributed by atoms with Gasteiger partial charge < -0.3 is 5.32 Å². The number of hydrogen-bond donors (Lipinski definition) is 2. The Balaban J connectivity index is 2.12. The first-order valence-electron chi connectivity index (χ1n) is 8.21. The van der Waals surface area contributed by atoms with E-state index in [4.69, 9.17) is 23.2 Å². The zero-order valence-electron chi connectivity index (χ0n) is 13.5. The van der Waals surface area contributed by atoms with E-state index in [2.05, 4.69) is 17.6 Å². The van der Waals surface area contributed by atoms with Gasteiger partial charge in [0.25, 0.3) is 5.91 Å². The highest BCUT2D eigenvalue weighted by molar-refractivity contribution is 6.32. The van der Waals surface area contributed by atoms with Crippen molar-refractivity contribution < 1.29 is 4.79 Å². The zero-order chi connectivity index (χ0) is 17.2. The molecule has 0 fully saturated rings. The number of carbonyl (C=O) groups excluding carboxylic acids is 1. The van der Waals surface area contributed by atoms with E-state index in [1.165, 1.54) is 0 Å². The molecule has 3 nitrogen and oxygen atoms in total. The summed E-state index contributed by atoms with van der Waals surface area (Å²) in [6, 6.07) is 12.9. The molecule has 1 aliphatic heterocycles. The monoisotopic (exact) mass is 362 g/mol. The summed E-state index contributed by atoms with van der Waals surface area (Å²) >= 11 is 12.7. The number of hydrogen-bond acceptors (Lipinski definition) is 2. The summed E-state index contributed by atoms with van der Waals surface area (Å²) in [4.78, 5) is 13.0. The molecule has 1 aliphatic rings. The first-order valence-corrected chi connectivity index (χ1v) is 8.96. The van der Waals surface area contributed by atoms with Crippen molar-refractivity contribution in [2.45, 2.75) is 31.7 Å². The molecule has 5 heteroatoms. The van der Waals surface area contributed by atoms with Crippen LogP contribution >= 0.6 is 23.2 Å². The predicted molar refractivity (Wildman–Crippen MR) is 99.8 cm³/mol.